The van der Waals surface area contributed by atoms with E-state index in [2.05, 4.69) is 5.32 Å². The fourth-order valence-electron chi connectivity index (χ4n) is 4.19. The Morgan fingerprint density at radius 1 is 1.15 bits per heavy atom. The number of ether oxygens (including phenoxy) is 1. The zero-order valence-corrected chi connectivity index (χ0v) is 19.4. The van der Waals surface area contributed by atoms with Crippen molar-refractivity contribution in [2.45, 2.75) is 20.0 Å². The summed E-state index contributed by atoms with van der Waals surface area (Å²) in [5.74, 6) is -1.86. The first kappa shape index (κ1) is 23.2. The lowest BCUT2D eigenvalue weighted by atomic mass is 10.2. The van der Waals surface area contributed by atoms with Crippen LogP contribution in [0.25, 0.3) is 0 Å². The van der Waals surface area contributed by atoms with E-state index in [9.17, 15) is 14.2 Å². The number of carbonyl (C=O) groups excluding carboxylic acids is 2. The molecule has 0 aliphatic carbocycles. The Kier molecular flexibility index (Phi) is 6.43. The smallest absolute Gasteiger partial charge is 0.414 e. The number of amides is 2. The molecule has 0 aromatic heterocycles. The molecule has 0 radical (unpaired) electrons. The molecule has 0 unspecified atom stereocenters. The lowest BCUT2D eigenvalue weighted by molar-refractivity contribution is -0.119. The van der Waals surface area contributed by atoms with Gasteiger partial charge in [0.2, 0.25) is 5.91 Å². The molecule has 2 saturated heterocycles. The molecular weight excluding hydrogens is 451 g/mol. The van der Waals surface area contributed by atoms with Gasteiger partial charge in [0.25, 0.3) is 0 Å². The molecule has 2 heterocycles. The SMILES string of the molecule is CC(=O)NC[C@H]1CN(c2cc(F)c(N3CCP(=O)(c4ccc(C)cc4)CC3)c(F)c2)C(=O)O1. The minimum absolute atomic E-state index is 0.0476. The molecule has 2 aromatic carbocycles. The van der Waals surface area contributed by atoms with Gasteiger partial charge in [-0.05, 0) is 6.92 Å². The minimum Gasteiger partial charge on any atom is -0.442 e. The van der Waals surface area contributed by atoms with Crippen molar-refractivity contribution >= 4 is 35.8 Å². The van der Waals surface area contributed by atoms with Crippen LogP contribution in [0, 0.1) is 18.6 Å². The van der Waals surface area contributed by atoms with Crippen molar-refractivity contribution in [3.8, 4) is 0 Å². The van der Waals surface area contributed by atoms with E-state index in [4.69, 9.17) is 4.74 Å². The van der Waals surface area contributed by atoms with Crippen LogP contribution in [0.4, 0.5) is 25.0 Å². The summed E-state index contributed by atoms with van der Waals surface area (Å²) in [5, 5.41) is 3.35. The van der Waals surface area contributed by atoms with E-state index in [0.29, 0.717) is 12.3 Å². The third-order valence-corrected chi connectivity index (χ3v) is 9.13. The third-order valence-electron chi connectivity index (χ3n) is 6.05. The van der Waals surface area contributed by atoms with Gasteiger partial charge in [-0.2, -0.15) is 0 Å². The minimum atomic E-state index is -2.62. The second-order valence-electron chi connectivity index (χ2n) is 8.47. The Bertz CT molecular complexity index is 1090. The number of hydrogen-bond donors (Lipinski definition) is 1. The van der Waals surface area contributed by atoms with Crippen LogP contribution in [0.5, 0.6) is 0 Å². The van der Waals surface area contributed by atoms with Gasteiger partial charge in [0, 0.05) is 49.8 Å². The summed E-state index contributed by atoms with van der Waals surface area (Å²) in [6, 6.07) is 9.79. The summed E-state index contributed by atoms with van der Waals surface area (Å²) in [4.78, 5) is 25.9. The van der Waals surface area contributed by atoms with Gasteiger partial charge in [-0.3, -0.25) is 9.69 Å². The van der Waals surface area contributed by atoms with Crippen molar-refractivity contribution < 1.29 is 27.7 Å². The van der Waals surface area contributed by atoms with Crippen LogP contribution in [0.3, 0.4) is 0 Å². The van der Waals surface area contributed by atoms with E-state index >= 15 is 8.78 Å². The zero-order chi connectivity index (χ0) is 23.8. The first-order chi connectivity index (χ1) is 15.7. The lowest BCUT2D eigenvalue weighted by Crippen LogP contribution is -2.38. The molecule has 2 aliphatic rings. The number of nitrogens with one attached hydrogen (secondary N) is 1. The first-order valence-electron chi connectivity index (χ1n) is 10.8. The van der Waals surface area contributed by atoms with E-state index in [1.165, 1.54) is 6.92 Å². The highest BCUT2D eigenvalue weighted by molar-refractivity contribution is 7.71. The van der Waals surface area contributed by atoms with Crippen molar-refractivity contribution in [1.82, 2.24) is 5.32 Å². The molecule has 4 rings (SSSR count). The quantitative estimate of drug-likeness (QED) is 0.669. The lowest BCUT2D eigenvalue weighted by Gasteiger charge is -2.34. The van der Waals surface area contributed by atoms with E-state index in [1.807, 2.05) is 31.2 Å². The molecule has 2 aliphatic heterocycles. The van der Waals surface area contributed by atoms with Gasteiger partial charge in [-0.15, -0.1) is 0 Å². The van der Waals surface area contributed by atoms with Crippen molar-refractivity contribution in [3.63, 3.8) is 0 Å². The zero-order valence-electron chi connectivity index (χ0n) is 18.5. The van der Waals surface area contributed by atoms with Gasteiger partial charge in [-0.1, -0.05) is 29.8 Å². The number of hydrogen-bond acceptors (Lipinski definition) is 5. The van der Waals surface area contributed by atoms with E-state index in [-0.39, 0.29) is 43.5 Å². The van der Waals surface area contributed by atoms with E-state index < -0.39 is 31.0 Å². The van der Waals surface area contributed by atoms with Gasteiger partial charge in [0.15, 0.2) is 11.6 Å². The topological polar surface area (TPSA) is 79.0 Å². The molecule has 2 fully saturated rings. The van der Waals surface area contributed by atoms with Gasteiger partial charge >= 0.3 is 6.09 Å². The molecule has 2 amide bonds. The first-order valence-corrected chi connectivity index (χ1v) is 12.9. The highest BCUT2D eigenvalue weighted by Gasteiger charge is 2.35. The summed E-state index contributed by atoms with van der Waals surface area (Å²) < 4.78 is 48.5. The average molecular weight is 477 g/mol. The molecule has 33 heavy (non-hydrogen) atoms. The van der Waals surface area contributed by atoms with Crippen LogP contribution in [-0.4, -0.2) is 56.6 Å². The van der Waals surface area contributed by atoms with Gasteiger partial charge in [-0.25, -0.2) is 13.6 Å². The summed E-state index contributed by atoms with van der Waals surface area (Å²) in [7, 11) is -2.62. The van der Waals surface area contributed by atoms with Gasteiger partial charge in [0.05, 0.1) is 18.8 Å². The monoisotopic (exact) mass is 477 g/mol. The number of halogens is 2. The Labute approximate surface area is 191 Å². The summed E-state index contributed by atoms with van der Waals surface area (Å²) in [6.07, 6.45) is -0.668. The predicted octanol–water partition coefficient (Wildman–Crippen LogP) is 3.24. The molecule has 176 valence electrons. The molecule has 0 saturated carbocycles. The van der Waals surface area contributed by atoms with Gasteiger partial charge in [0.1, 0.15) is 18.9 Å². The van der Waals surface area contributed by atoms with Crippen LogP contribution < -0.4 is 20.4 Å². The molecule has 1 N–H and O–H groups in total. The molecule has 10 heteroatoms. The molecular formula is C23H26F2N3O4P. The van der Waals surface area contributed by atoms with Crippen molar-refractivity contribution in [2.75, 3.05) is 48.3 Å². The largest absolute Gasteiger partial charge is 0.442 e. The maximum atomic E-state index is 15.0. The fourth-order valence-corrected chi connectivity index (χ4v) is 6.75. The highest BCUT2D eigenvalue weighted by atomic mass is 31.2. The van der Waals surface area contributed by atoms with Crippen LogP contribution in [0.15, 0.2) is 36.4 Å². The van der Waals surface area contributed by atoms with Gasteiger partial charge < -0.3 is 19.5 Å². The van der Waals surface area contributed by atoms with Crippen molar-refractivity contribution in [1.29, 1.82) is 0 Å². The summed E-state index contributed by atoms with van der Waals surface area (Å²) in [5.41, 5.74) is 0.944. The number of aryl methyl sites for hydroxylation is 1. The Morgan fingerprint density at radius 2 is 1.76 bits per heavy atom. The number of carbonyl (C=O) groups is 2. The molecule has 7 nitrogen and oxygen atoms in total. The summed E-state index contributed by atoms with van der Waals surface area (Å²) >= 11 is 0. The second-order valence-corrected chi connectivity index (χ2v) is 11.7. The average Bonchev–Trinajstić information content (AvgIpc) is 3.14. The van der Waals surface area contributed by atoms with E-state index in [0.717, 1.165) is 27.9 Å². The van der Waals surface area contributed by atoms with Crippen LogP contribution in [0.1, 0.15) is 12.5 Å². The highest BCUT2D eigenvalue weighted by Crippen LogP contribution is 2.47. The number of benzene rings is 2. The van der Waals surface area contributed by atoms with Crippen molar-refractivity contribution in [3.05, 3.63) is 53.6 Å². The number of nitrogens with zero attached hydrogens (tertiary/aromatic N) is 2. The normalized spacial score (nSPS) is 20.0. The Balaban J connectivity index is 1.47. The van der Waals surface area contributed by atoms with Crippen molar-refractivity contribution in [2.24, 2.45) is 0 Å². The predicted molar refractivity (Wildman–Crippen MR) is 123 cm³/mol. The maximum Gasteiger partial charge on any atom is 0.414 e. The van der Waals surface area contributed by atoms with Crippen LogP contribution in [-0.2, 0) is 14.1 Å². The van der Waals surface area contributed by atoms with E-state index in [1.54, 1.807) is 4.90 Å². The van der Waals surface area contributed by atoms with Crippen LogP contribution >= 0.6 is 7.14 Å². The van der Waals surface area contributed by atoms with Crippen LogP contribution in [0.2, 0.25) is 0 Å². The summed E-state index contributed by atoms with van der Waals surface area (Å²) in [6.45, 7) is 4.03. The fraction of sp³-hybridized carbons (Fsp3) is 0.391. The molecule has 1 atom stereocenters. The maximum absolute atomic E-state index is 15.0. The molecule has 0 bridgehead atoms. The molecule has 2 aromatic rings. The molecule has 0 spiro atoms. The third kappa shape index (κ3) is 4.88. The number of anilines is 2. The number of rotatable bonds is 5. The second kappa shape index (κ2) is 9.14. The number of cyclic esters (lactones) is 1. The standard InChI is InChI=1S/C23H26F2N3O4P/c1-15-3-5-19(6-4-15)33(31)9-7-27(8-10-33)22-20(24)11-17(12-21(22)25)28-14-18(32-23(28)30)13-26-16(2)29/h3-6,11-12,18H,7-10,13-14H2,1-2H3,(H,26,29)/t18-/m0/s1. The Hall–Kier alpha value is -2.93. The Morgan fingerprint density at radius 3 is 2.33 bits per heavy atom.